The number of hydrogen-bond donors (Lipinski definition) is 0. The molecule has 0 saturated carbocycles. The van der Waals surface area contributed by atoms with Gasteiger partial charge in [0.1, 0.15) is 0 Å². The van der Waals surface area contributed by atoms with Crippen LogP contribution in [0.5, 0.6) is 0 Å². The van der Waals surface area contributed by atoms with E-state index in [4.69, 9.17) is 0 Å². The summed E-state index contributed by atoms with van der Waals surface area (Å²) in [5.41, 5.74) is 1.08. The Morgan fingerprint density at radius 3 is 2.25 bits per heavy atom. The third-order valence-electron chi connectivity index (χ3n) is 1.71. The molecule has 1 aromatic carbocycles. The van der Waals surface area contributed by atoms with Crippen molar-refractivity contribution in [3.8, 4) is 0 Å². The fourth-order valence-electron chi connectivity index (χ4n) is 1.09. The van der Waals surface area contributed by atoms with Gasteiger partial charge in [0, 0.05) is 0 Å². The van der Waals surface area contributed by atoms with E-state index in [0.29, 0.717) is 11.1 Å². The van der Waals surface area contributed by atoms with Crippen LogP contribution >= 0.6 is 0 Å². The van der Waals surface area contributed by atoms with Crippen molar-refractivity contribution in [1.82, 2.24) is 0 Å². The van der Waals surface area contributed by atoms with Crippen molar-refractivity contribution in [2.45, 2.75) is 13.2 Å². The molecule has 1 aromatic rings. The normalized spacial score (nSPS) is 11.7. The summed E-state index contributed by atoms with van der Waals surface area (Å²) in [6.07, 6.45) is -0.771. The lowest BCUT2D eigenvalue weighted by molar-refractivity contribution is 0.468. The Morgan fingerprint density at radius 1 is 1.17 bits per heavy atom. The second-order valence-electron chi connectivity index (χ2n) is 2.84. The van der Waals surface area contributed by atoms with Crippen LogP contribution in [0, 0.1) is 6.92 Å². The van der Waals surface area contributed by atoms with E-state index in [9.17, 15) is 12.9 Å². The predicted octanol–water partition coefficient (Wildman–Crippen LogP) is 2.92. The van der Waals surface area contributed by atoms with Gasteiger partial charge >= 0.3 is 6.98 Å². The monoisotopic (exact) mass is 173 g/mol. The van der Waals surface area contributed by atoms with Gasteiger partial charge in [-0.15, -0.1) is 0 Å². The van der Waals surface area contributed by atoms with Crippen molar-refractivity contribution in [2.75, 3.05) is 0 Å². The molecule has 12 heavy (non-hydrogen) atoms. The van der Waals surface area contributed by atoms with E-state index in [1.54, 1.807) is 25.1 Å². The molecular formula is C8H9BF3-. The Kier molecular flexibility index (Phi) is 2.45. The Bertz CT molecular complexity index is 267. The summed E-state index contributed by atoms with van der Waals surface area (Å²) in [6, 6.07) is 6.58. The van der Waals surface area contributed by atoms with E-state index in [-0.39, 0.29) is 0 Å². The Morgan fingerprint density at radius 2 is 1.75 bits per heavy atom. The first-order chi connectivity index (χ1) is 5.49. The fourth-order valence-corrected chi connectivity index (χ4v) is 1.09. The van der Waals surface area contributed by atoms with Crippen LogP contribution in [0.25, 0.3) is 0 Å². The summed E-state index contributed by atoms with van der Waals surface area (Å²) in [5.74, 6) is 0. The highest BCUT2D eigenvalue weighted by Crippen LogP contribution is 2.18. The standard InChI is InChI=1S/C8H9BF3/c1-7-4-2-3-5-8(7)6-9(10,11)12/h2-5H,6H2,1H3/q-1. The summed E-state index contributed by atoms with van der Waals surface area (Å²) >= 11 is 0. The van der Waals surface area contributed by atoms with Crippen LogP contribution in [0.3, 0.4) is 0 Å². The molecule has 0 radical (unpaired) electrons. The lowest BCUT2D eigenvalue weighted by atomic mass is 9.80. The largest absolute Gasteiger partial charge is 0.482 e. The maximum absolute atomic E-state index is 12.0. The molecule has 0 unspecified atom stereocenters. The molecular weight excluding hydrogens is 164 g/mol. The summed E-state index contributed by atoms with van der Waals surface area (Å²) in [6.45, 7) is -3.01. The molecule has 0 N–H and O–H groups in total. The molecule has 0 fully saturated rings. The lowest BCUT2D eigenvalue weighted by Gasteiger charge is -2.14. The molecule has 0 atom stereocenters. The summed E-state index contributed by atoms with van der Waals surface area (Å²) in [7, 11) is 0. The maximum Gasteiger partial charge on any atom is 0.482 e. The third kappa shape index (κ3) is 2.60. The second-order valence-corrected chi connectivity index (χ2v) is 2.84. The zero-order chi connectivity index (χ0) is 9.19. The van der Waals surface area contributed by atoms with Gasteiger partial charge in [-0.25, -0.2) is 0 Å². The van der Waals surface area contributed by atoms with Crippen molar-refractivity contribution in [3.63, 3.8) is 0 Å². The molecule has 0 bridgehead atoms. The van der Waals surface area contributed by atoms with Crippen LogP contribution in [0.1, 0.15) is 11.1 Å². The zero-order valence-electron chi connectivity index (χ0n) is 6.73. The van der Waals surface area contributed by atoms with E-state index >= 15 is 0 Å². The third-order valence-corrected chi connectivity index (χ3v) is 1.71. The smallest absolute Gasteiger partial charge is 0.449 e. The number of rotatable bonds is 2. The molecule has 0 aliphatic rings. The number of hydrogen-bond acceptors (Lipinski definition) is 0. The van der Waals surface area contributed by atoms with Crippen molar-refractivity contribution in [2.24, 2.45) is 0 Å². The number of benzene rings is 1. The van der Waals surface area contributed by atoms with Crippen LogP contribution < -0.4 is 0 Å². The topological polar surface area (TPSA) is 0 Å². The van der Waals surface area contributed by atoms with E-state index in [0.717, 1.165) is 0 Å². The van der Waals surface area contributed by atoms with Gasteiger partial charge in [-0.1, -0.05) is 41.7 Å². The second kappa shape index (κ2) is 3.21. The van der Waals surface area contributed by atoms with Crippen LogP contribution in [-0.4, -0.2) is 6.98 Å². The molecule has 0 aliphatic carbocycles. The SMILES string of the molecule is Cc1ccccc1C[B-](F)(F)F. The summed E-state index contributed by atoms with van der Waals surface area (Å²) < 4.78 is 36.0. The molecule has 0 saturated heterocycles. The van der Waals surface area contributed by atoms with Gasteiger partial charge < -0.3 is 12.9 Å². The highest BCUT2D eigenvalue weighted by Gasteiger charge is 2.23. The summed E-state index contributed by atoms with van der Waals surface area (Å²) in [4.78, 5) is 0. The van der Waals surface area contributed by atoms with E-state index < -0.39 is 13.3 Å². The van der Waals surface area contributed by atoms with Crippen LogP contribution in [0.2, 0.25) is 0 Å². The van der Waals surface area contributed by atoms with Gasteiger partial charge in [-0.2, -0.15) is 0 Å². The van der Waals surface area contributed by atoms with Crippen molar-refractivity contribution >= 4 is 6.98 Å². The first-order valence-electron chi connectivity index (χ1n) is 3.74. The number of halogens is 3. The molecule has 0 heterocycles. The van der Waals surface area contributed by atoms with Gasteiger partial charge in [-0.05, 0) is 6.92 Å². The zero-order valence-corrected chi connectivity index (χ0v) is 6.73. The Balaban J connectivity index is 2.83. The molecule has 4 heteroatoms. The molecule has 1 rings (SSSR count). The van der Waals surface area contributed by atoms with Gasteiger partial charge in [0.05, 0.1) is 0 Å². The van der Waals surface area contributed by atoms with Crippen LogP contribution in [0.4, 0.5) is 12.9 Å². The minimum Gasteiger partial charge on any atom is -0.449 e. The van der Waals surface area contributed by atoms with E-state index in [2.05, 4.69) is 0 Å². The van der Waals surface area contributed by atoms with Crippen molar-refractivity contribution in [3.05, 3.63) is 35.4 Å². The highest BCUT2D eigenvalue weighted by molar-refractivity contribution is 6.57. The highest BCUT2D eigenvalue weighted by atomic mass is 19.4. The number of aryl methyl sites for hydroxylation is 1. The first-order valence-corrected chi connectivity index (χ1v) is 3.74. The fraction of sp³-hybridized carbons (Fsp3) is 0.250. The summed E-state index contributed by atoms with van der Waals surface area (Å²) in [5, 5.41) is 0. The molecule has 0 nitrogen and oxygen atoms in total. The van der Waals surface area contributed by atoms with Crippen molar-refractivity contribution in [1.29, 1.82) is 0 Å². The van der Waals surface area contributed by atoms with Gasteiger partial charge in [0.25, 0.3) is 0 Å². The average Bonchev–Trinajstić information content (AvgIpc) is 1.91. The molecule has 66 valence electrons. The molecule has 0 amide bonds. The van der Waals surface area contributed by atoms with Gasteiger partial charge in [0.15, 0.2) is 0 Å². The Hall–Kier alpha value is -0.925. The Labute approximate surface area is 69.5 Å². The van der Waals surface area contributed by atoms with Crippen molar-refractivity contribution < 1.29 is 12.9 Å². The molecule has 0 aliphatic heterocycles. The average molecular weight is 173 g/mol. The molecule has 0 aromatic heterocycles. The minimum atomic E-state index is -4.70. The quantitative estimate of drug-likeness (QED) is 0.603. The maximum atomic E-state index is 12.0. The van der Waals surface area contributed by atoms with Crippen LogP contribution in [-0.2, 0) is 6.32 Å². The lowest BCUT2D eigenvalue weighted by Crippen LogP contribution is -2.19. The first kappa shape index (κ1) is 9.17. The van der Waals surface area contributed by atoms with Gasteiger partial charge in [0.2, 0.25) is 0 Å². The van der Waals surface area contributed by atoms with E-state index in [1.807, 2.05) is 0 Å². The molecule has 0 spiro atoms. The predicted molar refractivity (Wildman–Crippen MR) is 44.0 cm³/mol. The minimum absolute atomic E-state index is 0.380. The van der Waals surface area contributed by atoms with E-state index in [1.165, 1.54) is 6.07 Å². The van der Waals surface area contributed by atoms with Gasteiger partial charge in [-0.3, -0.25) is 0 Å². The van der Waals surface area contributed by atoms with Crippen LogP contribution in [0.15, 0.2) is 24.3 Å².